The first-order chi connectivity index (χ1) is 11.7. The van der Waals surface area contributed by atoms with Gasteiger partial charge in [0.1, 0.15) is 0 Å². The van der Waals surface area contributed by atoms with E-state index in [-0.39, 0.29) is 0 Å². The topological polar surface area (TPSA) is 9.23 Å². The fraction of sp³-hybridized carbons (Fsp3) is 0.800. The summed E-state index contributed by atoms with van der Waals surface area (Å²) in [5.74, 6) is 0. The normalized spacial score (nSPS) is 18.0. The van der Waals surface area contributed by atoms with Crippen molar-refractivity contribution >= 4 is 43.1 Å². The maximum atomic E-state index is 5.80. The van der Waals surface area contributed by atoms with Crippen LogP contribution in [0.2, 0.25) is 13.3 Å². The van der Waals surface area contributed by atoms with Gasteiger partial charge in [-0.05, 0) is 0 Å². The molecule has 0 spiro atoms. The van der Waals surface area contributed by atoms with E-state index in [4.69, 9.17) is 4.43 Å². The molecule has 0 saturated heterocycles. The first kappa shape index (κ1) is 21.0. The monoisotopic (exact) mass is 474 g/mol. The zero-order valence-electron chi connectivity index (χ0n) is 16.5. The Hall–Kier alpha value is 0.676. The minimum absolute atomic E-state index is 0.530. The third-order valence-corrected chi connectivity index (χ3v) is 26.0. The molecule has 24 heavy (non-hydrogen) atoms. The van der Waals surface area contributed by atoms with E-state index in [0.717, 1.165) is 10.5 Å². The average Bonchev–Trinajstić information content (AvgIpc) is 3.05. The van der Waals surface area contributed by atoms with Gasteiger partial charge in [0.2, 0.25) is 0 Å². The van der Waals surface area contributed by atoms with Gasteiger partial charge in [-0.2, -0.15) is 0 Å². The molecule has 0 radical (unpaired) electrons. The van der Waals surface area contributed by atoms with Gasteiger partial charge in [-0.1, -0.05) is 0 Å². The van der Waals surface area contributed by atoms with E-state index < -0.39 is 18.4 Å². The maximum absolute atomic E-state index is 5.80. The predicted molar refractivity (Wildman–Crippen MR) is 116 cm³/mol. The summed E-state index contributed by atoms with van der Waals surface area (Å²) >= 11 is 0.0471. The molecular formula is C20H38OSSiSn. The van der Waals surface area contributed by atoms with Crippen LogP contribution in [0.15, 0.2) is 6.07 Å². The first-order valence-electron chi connectivity index (χ1n) is 10.3. The van der Waals surface area contributed by atoms with Crippen molar-refractivity contribution in [3.63, 3.8) is 0 Å². The van der Waals surface area contributed by atoms with Gasteiger partial charge in [-0.25, -0.2) is 0 Å². The molecule has 0 aromatic carbocycles. The van der Waals surface area contributed by atoms with Crippen molar-refractivity contribution in [3.05, 3.63) is 16.5 Å². The van der Waals surface area contributed by atoms with E-state index in [2.05, 4.69) is 38.2 Å². The number of rotatable bonds is 11. The van der Waals surface area contributed by atoms with E-state index in [0.29, 0.717) is 6.10 Å². The molecule has 1 heterocycles. The zero-order chi connectivity index (χ0) is 17.4. The van der Waals surface area contributed by atoms with Crippen LogP contribution in [-0.2, 0) is 17.3 Å². The Balaban J connectivity index is 2.28. The number of hydrogen-bond acceptors (Lipinski definition) is 2. The van der Waals surface area contributed by atoms with E-state index in [9.17, 15) is 0 Å². The molecule has 1 aliphatic rings. The van der Waals surface area contributed by atoms with Crippen LogP contribution in [0.25, 0.3) is 0 Å². The van der Waals surface area contributed by atoms with Crippen LogP contribution in [0, 0.1) is 0 Å². The van der Waals surface area contributed by atoms with E-state index in [1.807, 2.05) is 2.89 Å². The van der Waals surface area contributed by atoms with Gasteiger partial charge < -0.3 is 0 Å². The zero-order valence-corrected chi connectivity index (χ0v) is 22.1. The summed E-state index contributed by atoms with van der Waals surface area (Å²) in [6.45, 7) is 7.13. The van der Waals surface area contributed by atoms with Gasteiger partial charge in [-0.15, -0.1) is 0 Å². The first-order valence-corrected chi connectivity index (χ1v) is 19.4. The standard InChI is InChI=1S/C8H11OSSi.3C4H9.Sn/c11-9-7-2-1-6-3-4-10-8(6)5-7;3*1-3-4-2;/h3,7H,1-2,5H2,11H3;3*1,3-4H2,2H3;. The number of thiophene rings is 1. The Kier molecular flexibility index (Phi) is 9.38. The molecule has 1 nitrogen and oxygen atoms in total. The quantitative estimate of drug-likeness (QED) is 0.413. The molecular weight excluding hydrogens is 435 g/mol. The summed E-state index contributed by atoms with van der Waals surface area (Å²) in [5, 5.41) is 0. The predicted octanol–water partition coefficient (Wildman–Crippen LogP) is 4.96. The van der Waals surface area contributed by atoms with Gasteiger partial charge in [0.15, 0.2) is 0 Å². The SMILES string of the molecule is CCC[CH2][Sn]([CH2]CCC)([CH2]CCC)[c]1cc2c(s1)CC(O[SiH3])CC2. The van der Waals surface area contributed by atoms with Crippen molar-refractivity contribution in [2.24, 2.45) is 0 Å². The third kappa shape index (κ3) is 5.34. The van der Waals surface area contributed by atoms with Gasteiger partial charge in [0, 0.05) is 0 Å². The van der Waals surface area contributed by atoms with E-state index in [1.54, 1.807) is 23.8 Å². The van der Waals surface area contributed by atoms with Crippen molar-refractivity contribution in [1.29, 1.82) is 0 Å². The number of unbranched alkanes of at least 4 members (excludes halogenated alkanes) is 3. The molecule has 1 unspecified atom stereocenters. The summed E-state index contributed by atoms with van der Waals surface area (Å²) in [4.78, 5) is 1.70. The summed E-state index contributed by atoms with van der Waals surface area (Å²) in [7, 11) is 0.891. The summed E-state index contributed by atoms with van der Waals surface area (Å²) in [6, 6.07) is 2.71. The second kappa shape index (κ2) is 10.7. The van der Waals surface area contributed by atoms with Crippen LogP contribution in [0.1, 0.15) is 76.2 Å². The fourth-order valence-corrected chi connectivity index (χ4v) is 25.3. The van der Waals surface area contributed by atoms with E-state index in [1.165, 1.54) is 57.8 Å². The molecule has 2 rings (SSSR count). The molecule has 0 bridgehead atoms. The molecule has 0 N–H and O–H groups in total. The van der Waals surface area contributed by atoms with Crippen molar-refractivity contribution in [1.82, 2.24) is 0 Å². The molecule has 1 aliphatic carbocycles. The van der Waals surface area contributed by atoms with Gasteiger partial charge >= 0.3 is 162 Å². The molecule has 1 atom stereocenters. The molecule has 0 saturated carbocycles. The second-order valence-corrected chi connectivity index (χ2v) is 23.5. The Morgan fingerprint density at radius 1 is 1.08 bits per heavy atom. The van der Waals surface area contributed by atoms with Crippen molar-refractivity contribution in [3.8, 4) is 0 Å². The minimum atomic E-state index is -2.19. The Bertz CT molecular complexity index is 466. The van der Waals surface area contributed by atoms with Gasteiger partial charge in [-0.3, -0.25) is 0 Å². The second-order valence-electron chi connectivity index (χ2n) is 7.75. The number of aryl methyl sites for hydroxylation is 1. The molecule has 0 fully saturated rings. The molecule has 1 aromatic rings. The van der Waals surface area contributed by atoms with Gasteiger partial charge in [0.05, 0.1) is 0 Å². The van der Waals surface area contributed by atoms with E-state index >= 15 is 0 Å². The Morgan fingerprint density at radius 3 is 2.17 bits per heavy atom. The Morgan fingerprint density at radius 2 is 1.67 bits per heavy atom. The molecule has 0 aliphatic heterocycles. The van der Waals surface area contributed by atoms with Crippen LogP contribution in [0.4, 0.5) is 0 Å². The molecule has 1 aromatic heterocycles. The van der Waals surface area contributed by atoms with Crippen LogP contribution in [0.3, 0.4) is 0 Å². The molecule has 138 valence electrons. The summed E-state index contributed by atoms with van der Waals surface area (Å²) in [5.41, 5.74) is 1.70. The van der Waals surface area contributed by atoms with Crippen LogP contribution in [0.5, 0.6) is 0 Å². The Labute approximate surface area is 161 Å². The fourth-order valence-electron chi connectivity index (χ4n) is 4.23. The van der Waals surface area contributed by atoms with Gasteiger partial charge in [0.25, 0.3) is 0 Å². The van der Waals surface area contributed by atoms with Crippen LogP contribution >= 0.6 is 11.3 Å². The van der Waals surface area contributed by atoms with Crippen LogP contribution in [-0.4, -0.2) is 35.0 Å². The number of fused-ring (bicyclic) bond motifs is 1. The summed E-state index contributed by atoms with van der Waals surface area (Å²) < 4.78 is 12.5. The number of hydrogen-bond donors (Lipinski definition) is 0. The average molecular weight is 473 g/mol. The van der Waals surface area contributed by atoms with Crippen molar-refractivity contribution in [2.45, 2.75) is 98.0 Å². The summed E-state index contributed by atoms with van der Waals surface area (Å²) in [6.07, 6.45) is 12.8. The molecule has 4 heteroatoms. The van der Waals surface area contributed by atoms with Crippen molar-refractivity contribution < 1.29 is 4.43 Å². The third-order valence-electron chi connectivity index (χ3n) is 5.93. The molecule has 0 amide bonds. The van der Waals surface area contributed by atoms with Crippen molar-refractivity contribution in [2.75, 3.05) is 0 Å². The van der Waals surface area contributed by atoms with Crippen LogP contribution < -0.4 is 2.89 Å².